The number of esters is 2. The summed E-state index contributed by atoms with van der Waals surface area (Å²) in [6.45, 7) is 3.56. The van der Waals surface area contributed by atoms with Crippen LogP contribution in [0.5, 0.6) is 0 Å². The van der Waals surface area contributed by atoms with Crippen LogP contribution in [0.3, 0.4) is 0 Å². The second-order valence-electron chi connectivity index (χ2n) is 3.75. The maximum atomic E-state index is 11.9. The molecule has 0 unspecified atom stereocenters. The third kappa shape index (κ3) is 3.77. The Bertz CT molecular complexity index is 520. The molecule has 1 rings (SSSR count). The van der Waals surface area contributed by atoms with E-state index in [0.717, 1.165) is 0 Å². The summed E-state index contributed by atoms with van der Waals surface area (Å²) in [4.78, 5) is 24.4. The van der Waals surface area contributed by atoms with Crippen molar-refractivity contribution in [3.63, 3.8) is 0 Å². The first-order valence-electron chi connectivity index (χ1n) is 6.15. The Morgan fingerprint density at radius 3 is 2.05 bits per heavy atom. The molecule has 5 nitrogen and oxygen atoms in total. The summed E-state index contributed by atoms with van der Waals surface area (Å²) in [5.41, 5.74) is 6.09. The van der Waals surface area contributed by atoms with Gasteiger partial charge < -0.3 is 15.2 Å². The van der Waals surface area contributed by atoms with Crippen LogP contribution in [0.1, 0.15) is 19.4 Å². The van der Waals surface area contributed by atoms with Crippen molar-refractivity contribution in [3.8, 4) is 0 Å². The van der Waals surface area contributed by atoms with Gasteiger partial charge in [-0.1, -0.05) is 18.2 Å². The molecule has 0 aliphatic heterocycles. The molecule has 0 heterocycles. The first-order valence-corrected chi connectivity index (χ1v) is 6.59. The lowest BCUT2D eigenvalue weighted by Gasteiger charge is -2.11. The quantitative estimate of drug-likeness (QED) is 0.284. The molecule has 0 atom stereocenters. The number of rotatable bonds is 5. The molecule has 0 saturated heterocycles. The summed E-state index contributed by atoms with van der Waals surface area (Å²) in [5.74, 6) is -1.61. The number of carbonyl (C=O) groups is 2. The Balaban J connectivity index is 3.33. The first kappa shape index (κ1) is 16.1. The van der Waals surface area contributed by atoms with Gasteiger partial charge in [0.05, 0.1) is 18.9 Å². The third-order valence-electron chi connectivity index (χ3n) is 2.42. The first-order chi connectivity index (χ1) is 9.52. The minimum Gasteiger partial charge on any atom is -0.462 e. The second kappa shape index (κ2) is 7.59. The highest BCUT2D eigenvalue weighted by Crippen LogP contribution is 2.22. The zero-order valence-electron chi connectivity index (χ0n) is 11.4. The molecule has 6 heteroatoms. The summed E-state index contributed by atoms with van der Waals surface area (Å²) < 4.78 is 9.70. The van der Waals surface area contributed by atoms with E-state index in [1.165, 1.54) is 0 Å². The SMILES string of the molecule is CCOC(=O)C(C(=O)OCC)=C(N)c1ccccc1S. The molecular formula is C14H17NO4S. The molecule has 2 N–H and O–H groups in total. The van der Waals surface area contributed by atoms with Crippen molar-refractivity contribution >= 4 is 30.3 Å². The number of ether oxygens (including phenoxy) is 2. The van der Waals surface area contributed by atoms with Crippen LogP contribution in [0.15, 0.2) is 34.7 Å². The Hall–Kier alpha value is -1.95. The number of nitrogens with two attached hydrogens (primary N) is 1. The lowest BCUT2D eigenvalue weighted by molar-refractivity contribution is -0.146. The largest absolute Gasteiger partial charge is 0.462 e. The average Bonchev–Trinajstić information content (AvgIpc) is 2.40. The van der Waals surface area contributed by atoms with Gasteiger partial charge in [-0.25, -0.2) is 9.59 Å². The fourth-order valence-corrected chi connectivity index (χ4v) is 1.83. The Morgan fingerprint density at radius 1 is 1.10 bits per heavy atom. The van der Waals surface area contributed by atoms with Crippen LogP contribution >= 0.6 is 12.6 Å². The van der Waals surface area contributed by atoms with E-state index in [4.69, 9.17) is 15.2 Å². The molecule has 1 aromatic carbocycles. The minimum atomic E-state index is -0.806. The molecule has 0 radical (unpaired) electrons. The standard InChI is InChI=1S/C14H17NO4S/c1-3-18-13(16)11(14(17)19-4-2)12(15)9-7-5-6-8-10(9)20/h5-8,20H,3-4,15H2,1-2H3. The van der Waals surface area contributed by atoms with Crippen molar-refractivity contribution in [2.24, 2.45) is 5.73 Å². The predicted molar refractivity (Wildman–Crippen MR) is 78.1 cm³/mol. The van der Waals surface area contributed by atoms with Gasteiger partial charge in [-0.2, -0.15) is 0 Å². The van der Waals surface area contributed by atoms with Crippen LogP contribution in [-0.4, -0.2) is 25.2 Å². The molecule has 0 aliphatic carbocycles. The summed E-state index contributed by atoms with van der Waals surface area (Å²) in [5, 5.41) is 0. The number of carbonyl (C=O) groups excluding carboxylic acids is 2. The normalized spacial score (nSPS) is 9.75. The van der Waals surface area contributed by atoms with Gasteiger partial charge in [0.2, 0.25) is 0 Å². The maximum absolute atomic E-state index is 11.9. The lowest BCUT2D eigenvalue weighted by atomic mass is 10.1. The number of hydrogen-bond acceptors (Lipinski definition) is 6. The molecule has 0 aromatic heterocycles. The number of benzene rings is 1. The van der Waals surface area contributed by atoms with E-state index in [-0.39, 0.29) is 24.5 Å². The molecule has 0 saturated carbocycles. The topological polar surface area (TPSA) is 78.6 Å². The van der Waals surface area contributed by atoms with Crippen molar-refractivity contribution < 1.29 is 19.1 Å². The van der Waals surface area contributed by atoms with Gasteiger partial charge in [0.15, 0.2) is 5.57 Å². The Labute approximate surface area is 123 Å². The smallest absolute Gasteiger partial charge is 0.347 e. The van der Waals surface area contributed by atoms with Crippen molar-refractivity contribution in [2.45, 2.75) is 18.7 Å². The summed E-state index contributed by atoms with van der Waals surface area (Å²) in [7, 11) is 0. The maximum Gasteiger partial charge on any atom is 0.347 e. The van der Waals surface area contributed by atoms with Crippen LogP contribution in [0, 0.1) is 0 Å². The molecule has 1 aromatic rings. The van der Waals surface area contributed by atoms with E-state index >= 15 is 0 Å². The molecular weight excluding hydrogens is 278 g/mol. The second-order valence-corrected chi connectivity index (χ2v) is 4.23. The van der Waals surface area contributed by atoms with Crippen LogP contribution in [0.2, 0.25) is 0 Å². The van der Waals surface area contributed by atoms with Gasteiger partial charge in [0, 0.05) is 10.5 Å². The zero-order chi connectivity index (χ0) is 15.1. The summed E-state index contributed by atoms with van der Waals surface area (Å²) in [6, 6.07) is 6.87. The number of hydrogen-bond donors (Lipinski definition) is 2. The number of thiol groups is 1. The van der Waals surface area contributed by atoms with Gasteiger partial charge >= 0.3 is 11.9 Å². The molecule has 108 valence electrons. The van der Waals surface area contributed by atoms with Crippen LogP contribution in [-0.2, 0) is 19.1 Å². The fourth-order valence-electron chi connectivity index (χ4n) is 1.55. The van der Waals surface area contributed by atoms with Gasteiger partial charge in [0.1, 0.15) is 0 Å². The van der Waals surface area contributed by atoms with Gasteiger partial charge in [0.25, 0.3) is 0 Å². The predicted octanol–water partition coefficient (Wildman–Crippen LogP) is 1.77. The monoisotopic (exact) mass is 295 g/mol. The van der Waals surface area contributed by atoms with Gasteiger partial charge in [-0.3, -0.25) is 0 Å². The van der Waals surface area contributed by atoms with Crippen molar-refractivity contribution in [1.82, 2.24) is 0 Å². The zero-order valence-corrected chi connectivity index (χ0v) is 12.3. The van der Waals surface area contributed by atoms with Crippen LogP contribution < -0.4 is 5.73 Å². The van der Waals surface area contributed by atoms with E-state index in [1.54, 1.807) is 38.1 Å². The molecule has 0 bridgehead atoms. The Kier molecular flexibility index (Phi) is 6.11. The van der Waals surface area contributed by atoms with E-state index in [2.05, 4.69) is 12.6 Å². The highest BCUT2D eigenvalue weighted by atomic mass is 32.1. The van der Waals surface area contributed by atoms with Crippen LogP contribution in [0.4, 0.5) is 0 Å². The average molecular weight is 295 g/mol. The van der Waals surface area contributed by atoms with E-state index < -0.39 is 11.9 Å². The van der Waals surface area contributed by atoms with Gasteiger partial charge in [-0.05, 0) is 19.9 Å². The fraction of sp³-hybridized carbons (Fsp3) is 0.286. The minimum absolute atomic E-state index is 0.00694. The van der Waals surface area contributed by atoms with Crippen LogP contribution in [0.25, 0.3) is 5.70 Å². The Morgan fingerprint density at radius 2 is 1.60 bits per heavy atom. The van der Waals surface area contributed by atoms with E-state index in [0.29, 0.717) is 10.5 Å². The highest BCUT2D eigenvalue weighted by Gasteiger charge is 2.26. The summed E-state index contributed by atoms with van der Waals surface area (Å²) in [6.07, 6.45) is 0. The highest BCUT2D eigenvalue weighted by molar-refractivity contribution is 7.80. The molecule has 0 spiro atoms. The van der Waals surface area contributed by atoms with Crippen molar-refractivity contribution in [1.29, 1.82) is 0 Å². The van der Waals surface area contributed by atoms with E-state index in [1.807, 2.05) is 0 Å². The molecule has 20 heavy (non-hydrogen) atoms. The molecule has 0 amide bonds. The van der Waals surface area contributed by atoms with E-state index in [9.17, 15) is 9.59 Å². The molecule has 0 aliphatic rings. The third-order valence-corrected chi connectivity index (χ3v) is 2.81. The van der Waals surface area contributed by atoms with Gasteiger partial charge in [-0.15, -0.1) is 12.6 Å². The lowest BCUT2D eigenvalue weighted by Crippen LogP contribution is -2.22. The molecule has 0 fully saturated rings. The van der Waals surface area contributed by atoms with Crippen molar-refractivity contribution in [3.05, 3.63) is 35.4 Å². The summed E-state index contributed by atoms with van der Waals surface area (Å²) >= 11 is 4.25. The van der Waals surface area contributed by atoms with Crippen molar-refractivity contribution in [2.75, 3.05) is 13.2 Å².